The first-order valence-electron chi connectivity index (χ1n) is 4.53. The zero-order valence-electron chi connectivity index (χ0n) is 7.49. The van der Waals surface area contributed by atoms with Crippen molar-refractivity contribution in [1.82, 2.24) is 4.98 Å². The van der Waals surface area contributed by atoms with Gasteiger partial charge in [-0.25, -0.2) is 0 Å². The number of benzene rings is 1. The summed E-state index contributed by atoms with van der Waals surface area (Å²) in [5.41, 5.74) is 2.37. The topological polar surface area (TPSA) is 36.0 Å². The fourth-order valence-electron chi connectivity index (χ4n) is 1.62. The smallest absolute Gasteiger partial charge is 0.123 e. The molecular formula is C12H9NO. The molecule has 68 valence electrons. The molecule has 2 heteroatoms. The van der Waals surface area contributed by atoms with Crippen LogP contribution in [0.3, 0.4) is 0 Å². The molecule has 2 N–H and O–H groups in total. The van der Waals surface area contributed by atoms with Crippen LogP contribution in [-0.4, -0.2) is 10.1 Å². The Bertz CT molecular complexity index is 568. The zero-order valence-corrected chi connectivity index (χ0v) is 7.49. The third-order valence-corrected chi connectivity index (χ3v) is 2.44. The maximum atomic E-state index is 9.65. The number of phenolic OH excluding ortho intramolecular Hbond substituents is 1. The highest BCUT2D eigenvalue weighted by molar-refractivity contribution is 5.91. The molecule has 0 unspecified atom stereocenters. The fourth-order valence-corrected chi connectivity index (χ4v) is 1.62. The Labute approximate surface area is 81.2 Å². The van der Waals surface area contributed by atoms with Gasteiger partial charge in [0, 0.05) is 22.8 Å². The third-order valence-electron chi connectivity index (χ3n) is 2.44. The minimum Gasteiger partial charge on any atom is -0.507 e. The van der Waals surface area contributed by atoms with Crippen molar-refractivity contribution in [2.45, 2.75) is 0 Å². The zero-order chi connectivity index (χ0) is 9.54. The Morgan fingerprint density at radius 2 is 2.00 bits per heavy atom. The summed E-state index contributed by atoms with van der Waals surface area (Å²) in [4.78, 5) is 3.13. The first-order valence-corrected chi connectivity index (χ1v) is 4.53. The van der Waals surface area contributed by atoms with Crippen molar-refractivity contribution in [2.75, 3.05) is 0 Å². The lowest BCUT2D eigenvalue weighted by atomic mass is 10.1. The number of H-pyrrole nitrogens is 1. The number of aromatic nitrogens is 1. The highest BCUT2D eigenvalue weighted by Crippen LogP contribution is 2.32. The summed E-state index contributed by atoms with van der Waals surface area (Å²) in [6, 6.07) is 11.6. The lowest BCUT2D eigenvalue weighted by molar-refractivity contribution is 0.481. The van der Waals surface area contributed by atoms with E-state index in [4.69, 9.17) is 0 Å². The Hall–Kier alpha value is -1.96. The van der Waals surface area contributed by atoms with Crippen LogP contribution < -0.4 is 0 Å². The maximum Gasteiger partial charge on any atom is 0.123 e. The molecule has 0 radical (unpaired) electrons. The minimum atomic E-state index is 0.321. The Morgan fingerprint density at radius 1 is 1.07 bits per heavy atom. The number of fused-ring (bicyclic) bond motifs is 2. The van der Waals surface area contributed by atoms with Gasteiger partial charge in [0.25, 0.3) is 0 Å². The van der Waals surface area contributed by atoms with Crippen molar-refractivity contribution < 1.29 is 5.11 Å². The summed E-state index contributed by atoms with van der Waals surface area (Å²) in [7, 11) is 0. The monoisotopic (exact) mass is 183 g/mol. The van der Waals surface area contributed by atoms with E-state index in [-0.39, 0.29) is 0 Å². The van der Waals surface area contributed by atoms with Crippen molar-refractivity contribution in [3.05, 3.63) is 42.6 Å². The summed E-state index contributed by atoms with van der Waals surface area (Å²) >= 11 is 0. The molecule has 1 aliphatic heterocycles. The van der Waals surface area contributed by atoms with Crippen molar-refractivity contribution in [3.8, 4) is 17.0 Å². The van der Waals surface area contributed by atoms with Gasteiger partial charge in [-0.15, -0.1) is 0 Å². The maximum absolute atomic E-state index is 9.65. The first kappa shape index (κ1) is 7.44. The average Bonchev–Trinajstić information content (AvgIpc) is 2.83. The van der Waals surface area contributed by atoms with Crippen molar-refractivity contribution in [1.29, 1.82) is 0 Å². The van der Waals surface area contributed by atoms with Crippen molar-refractivity contribution in [2.24, 2.45) is 0 Å². The van der Waals surface area contributed by atoms with E-state index < -0.39 is 0 Å². The second-order valence-electron chi connectivity index (χ2n) is 3.42. The predicted molar refractivity (Wildman–Crippen MR) is 56.6 cm³/mol. The second kappa shape index (κ2) is 2.51. The number of hydrogen-bond donors (Lipinski definition) is 2. The van der Waals surface area contributed by atoms with Gasteiger partial charge in [0.15, 0.2) is 0 Å². The molecule has 14 heavy (non-hydrogen) atoms. The number of hydrogen-bond acceptors (Lipinski definition) is 1. The number of nitrogens with one attached hydrogen (secondary N) is 1. The number of rotatable bonds is 0. The Kier molecular flexibility index (Phi) is 1.34. The molecule has 0 fully saturated rings. The molecule has 0 bridgehead atoms. The minimum absolute atomic E-state index is 0.321. The van der Waals surface area contributed by atoms with Crippen LogP contribution in [-0.2, 0) is 0 Å². The molecule has 0 aromatic heterocycles. The molecule has 1 aromatic carbocycles. The van der Waals surface area contributed by atoms with Crippen molar-refractivity contribution >= 4 is 10.8 Å². The van der Waals surface area contributed by atoms with Crippen LogP contribution in [0, 0.1) is 0 Å². The van der Waals surface area contributed by atoms with E-state index in [2.05, 4.69) is 17.1 Å². The lowest BCUT2D eigenvalue weighted by Gasteiger charge is -1.97. The molecular weight excluding hydrogens is 174 g/mol. The fraction of sp³-hybridized carbons (Fsp3) is 0. The van der Waals surface area contributed by atoms with E-state index in [1.807, 2.05) is 24.4 Å². The van der Waals surface area contributed by atoms with Crippen LogP contribution in [0.5, 0.6) is 5.75 Å². The van der Waals surface area contributed by atoms with Crippen LogP contribution in [0.4, 0.5) is 0 Å². The predicted octanol–water partition coefficient (Wildman–Crippen LogP) is 2.98. The summed E-state index contributed by atoms with van der Waals surface area (Å²) in [5.74, 6) is 0.321. The molecule has 3 rings (SSSR count). The molecule has 1 heterocycles. The second-order valence-corrected chi connectivity index (χ2v) is 3.42. The van der Waals surface area contributed by atoms with E-state index in [9.17, 15) is 5.11 Å². The summed E-state index contributed by atoms with van der Waals surface area (Å²) < 4.78 is 0. The van der Waals surface area contributed by atoms with Crippen molar-refractivity contribution in [3.63, 3.8) is 0 Å². The lowest BCUT2D eigenvalue weighted by Crippen LogP contribution is -1.71. The summed E-state index contributed by atoms with van der Waals surface area (Å²) in [6.07, 6.45) is 1.85. The summed E-state index contributed by atoms with van der Waals surface area (Å²) in [6.45, 7) is 0. The van der Waals surface area contributed by atoms with E-state index in [1.54, 1.807) is 6.07 Å². The van der Waals surface area contributed by atoms with Gasteiger partial charge in [-0.2, -0.15) is 0 Å². The molecule has 0 amide bonds. The average molecular weight is 183 g/mol. The number of aromatic hydroxyl groups is 1. The molecule has 1 aromatic rings. The highest BCUT2D eigenvalue weighted by atomic mass is 16.3. The van der Waals surface area contributed by atoms with Gasteiger partial charge in [-0.1, -0.05) is 12.1 Å². The van der Waals surface area contributed by atoms with Gasteiger partial charge in [0.2, 0.25) is 0 Å². The van der Waals surface area contributed by atoms with Crippen LogP contribution in [0.2, 0.25) is 0 Å². The summed E-state index contributed by atoms with van der Waals surface area (Å²) in [5, 5.41) is 11.6. The van der Waals surface area contributed by atoms with Crippen LogP contribution in [0.1, 0.15) is 0 Å². The molecule has 0 spiro atoms. The van der Waals surface area contributed by atoms with E-state index in [1.165, 1.54) is 5.56 Å². The van der Waals surface area contributed by atoms with E-state index >= 15 is 0 Å². The SMILES string of the molecule is Oc1cccc2cc3cc-3[nH]ccc12. The normalized spacial score (nSPS) is 11.1. The van der Waals surface area contributed by atoms with Gasteiger partial charge in [-0.05, 0) is 29.7 Å². The van der Waals surface area contributed by atoms with Crippen LogP contribution >= 0.6 is 0 Å². The van der Waals surface area contributed by atoms with Gasteiger partial charge in [-0.3, -0.25) is 0 Å². The standard InChI is InChI=1S/C12H9NO/c14-12-3-1-2-8-6-9-7-11(9)13-5-4-10(8)12/h1-7,13-14H. The van der Waals surface area contributed by atoms with Crippen LogP contribution in [0.15, 0.2) is 42.6 Å². The van der Waals surface area contributed by atoms with Gasteiger partial charge in [0.1, 0.15) is 5.75 Å². The number of aromatic amines is 1. The largest absolute Gasteiger partial charge is 0.507 e. The number of phenols is 1. The molecule has 0 atom stereocenters. The quantitative estimate of drug-likeness (QED) is 0.552. The molecule has 0 saturated heterocycles. The van der Waals surface area contributed by atoms with Gasteiger partial charge >= 0.3 is 0 Å². The molecule has 0 saturated carbocycles. The molecule has 1 aliphatic carbocycles. The Balaban J connectivity index is 2.47. The van der Waals surface area contributed by atoms with E-state index in [0.29, 0.717) is 5.75 Å². The molecule has 2 nitrogen and oxygen atoms in total. The van der Waals surface area contributed by atoms with E-state index in [0.717, 1.165) is 16.5 Å². The van der Waals surface area contributed by atoms with Gasteiger partial charge < -0.3 is 10.1 Å². The highest BCUT2D eigenvalue weighted by Gasteiger charge is 2.08. The molecule has 2 aliphatic rings. The Morgan fingerprint density at radius 3 is 2.93 bits per heavy atom. The third kappa shape index (κ3) is 1.04. The van der Waals surface area contributed by atoms with Gasteiger partial charge in [0.05, 0.1) is 0 Å². The first-order chi connectivity index (χ1) is 6.84. The van der Waals surface area contributed by atoms with Crippen LogP contribution in [0.25, 0.3) is 22.0 Å².